The van der Waals surface area contributed by atoms with Gasteiger partial charge in [-0.25, -0.2) is 0 Å². The molecule has 0 aromatic heterocycles. The van der Waals surface area contributed by atoms with Crippen LogP contribution in [0.4, 0.5) is 0 Å². The van der Waals surface area contributed by atoms with E-state index in [2.05, 4.69) is 73.6 Å². The molecule has 0 N–H and O–H groups in total. The molecule has 262 valence electrons. The molecule has 0 radical (unpaired) electrons. The summed E-state index contributed by atoms with van der Waals surface area (Å²) in [4.78, 5) is 2.55. The molecule has 0 aromatic rings. The van der Waals surface area contributed by atoms with Gasteiger partial charge in [0.05, 0.1) is 0 Å². The van der Waals surface area contributed by atoms with Gasteiger partial charge in [0, 0.05) is 24.6 Å². The number of hydrogen-bond donors (Lipinski definition) is 0. The van der Waals surface area contributed by atoms with Gasteiger partial charge in [-0.2, -0.15) is 23.5 Å². The Kier molecular flexibility index (Phi) is 41.3. The second kappa shape index (κ2) is 41.2. The fraction of sp³-hybridized carbons (Fsp3) is 0.902. The zero-order valence-electron chi connectivity index (χ0n) is 30.6. The number of rotatable bonds is 38. The molecular formula is C41H81NS2. The van der Waals surface area contributed by atoms with Gasteiger partial charge in [-0.3, -0.25) is 0 Å². The average Bonchev–Trinajstić information content (AvgIpc) is 3.03. The predicted molar refractivity (Wildman–Crippen MR) is 211 cm³/mol. The van der Waals surface area contributed by atoms with Crippen molar-refractivity contribution in [1.29, 1.82) is 0 Å². The number of hydrogen-bond acceptors (Lipinski definition) is 3. The van der Waals surface area contributed by atoms with Crippen molar-refractivity contribution in [1.82, 2.24) is 4.90 Å². The molecule has 0 amide bonds. The molecular weight excluding hydrogens is 571 g/mol. The second-order valence-electron chi connectivity index (χ2n) is 13.4. The Bertz CT molecular complexity index is 513. The van der Waals surface area contributed by atoms with E-state index >= 15 is 0 Å². The highest BCUT2D eigenvalue weighted by atomic mass is 32.2. The van der Waals surface area contributed by atoms with E-state index in [0.717, 1.165) is 0 Å². The molecule has 0 aliphatic carbocycles. The van der Waals surface area contributed by atoms with Crippen molar-refractivity contribution in [3.8, 4) is 0 Å². The van der Waals surface area contributed by atoms with Crippen LogP contribution in [0.25, 0.3) is 0 Å². The Morgan fingerprint density at radius 3 is 0.932 bits per heavy atom. The average molecular weight is 652 g/mol. The van der Waals surface area contributed by atoms with E-state index in [1.807, 2.05) is 0 Å². The number of thioether (sulfide) groups is 2. The molecule has 0 saturated carbocycles. The summed E-state index contributed by atoms with van der Waals surface area (Å²) < 4.78 is 0. The van der Waals surface area contributed by atoms with E-state index in [1.165, 1.54) is 216 Å². The standard InChI is InChI=1S/C41H81NS2/c1-4-6-8-10-12-14-16-18-20-22-24-26-28-30-32-34-38-43-40-36-42(3)37-41-44-39-35-33-31-29-27-25-23-21-19-17-15-13-11-9-7-5-2/h18-21H,4-17,22-41H2,1-3H3/b20-18-,21-19-. The zero-order valence-corrected chi connectivity index (χ0v) is 32.2. The summed E-state index contributed by atoms with van der Waals surface area (Å²) in [6, 6.07) is 0. The van der Waals surface area contributed by atoms with E-state index in [4.69, 9.17) is 0 Å². The molecule has 0 bridgehead atoms. The van der Waals surface area contributed by atoms with E-state index in [9.17, 15) is 0 Å². The van der Waals surface area contributed by atoms with E-state index in [-0.39, 0.29) is 0 Å². The minimum absolute atomic E-state index is 1.26. The van der Waals surface area contributed by atoms with Crippen molar-refractivity contribution in [2.45, 2.75) is 194 Å². The Morgan fingerprint density at radius 1 is 0.341 bits per heavy atom. The van der Waals surface area contributed by atoms with Crippen LogP contribution in [0.15, 0.2) is 24.3 Å². The van der Waals surface area contributed by atoms with Crippen LogP contribution in [-0.4, -0.2) is 48.0 Å². The normalized spacial score (nSPS) is 12.1. The number of nitrogens with zero attached hydrogens (tertiary/aromatic N) is 1. The van der Waals surface area contributed by atoms with Gasteiger partial charge in [0.25, 0.3) is 0 Å². The lowest BCUT2D eigenvalue weighted by Gasteiger charge is -2.16. The summed E-state index contributed by atoms with van der Waals surface area (Å²) in [6.45, 7) is 7.10. The van der Waals surface area contributed by atoms with Crippen LogP contribution in [-0.2, 0) is 0 Å². The van der Waals surface area contributed by atoms with Crippen LogP contribution in [0.2, 0.25) is 0 Å². The first-order chi connectivity index (χ1) is 21.8. The predicted octanol–water partition coefficient (Wildman–Crippen LogP) is 14.5. The summed E-state index contributed by atoms with van der Waals surface area (Å²) >= 11 is 4.35. The topological polar surface area (TPSA) is 3.24 Å². The van der Waals surface area contributed by atoms with Crippen molar-refractivity contribution >= 4 is 23.5 Å². The van der Waals surface area contributed by atoms with Crippen LogP contribution >= 0.6 is 23.5 Å². The molecule has 0 spiro atoms. The summed E-state index contributed by atoms with van der Waals surface area (Å²) in [5.74, 6) is 5.34. The highest BCUT2D eigenvalue weighted by molar-refractivity contribution is 7.99. The van der Waals surface area contributed by atoms with Crippen LogP contribution < -0.4 is 0 Å². The molecule has 0 heterocycles. The van der Waals surface area contributed by atoms with Gasteiger partial charge in [0.15, 0.2) is 0 Å². The van der Waals surface area contributed by atoms with Crippen LogP contribution in [0.3, 0.4) is 0 Å². The molecule has 0 aliphatic rings. The van der Waals surface area contributed by atoms with Crippen LogP contribution in [0, 0.1) is 0 Å². The first-order valence-corrected chi connectivity index (χ1v) is 22.3. The van der Waals surface area contributed by atoms with E-state index in [0.29, 0.717) is 0 Å². The molecule has 0 aromatic carbocycles. The highest BCUT2D eigenvalue weighted by Crippen LogP contribution is 2.14. The third-order valence-electron chi connectivity index (χ3n) is 8.84. The monoisotopic (exact) mass is 652 g/mol. The molecule has 0 aliphatic heterocycles. The summed E-state index contributed by atoms with van der Waals surface area (Å²) in [7, 11) is 2.31. The lowest BCUT2D eigenvalue weighted by molar-refractivity contribution is 0.380. The molecule has 3 heteroatoms. The molecule has 0 unspecified atom stereocenters. The van der Waals surface area contributed by atoms with Gasteiger partial charge in [0.1, 0.15) is 0 Å². The van der Waals surface area contributed by atoms with Gasteiger partial charge in [-0.15, -0.1) is 0 Å². The van der Waals surface area contributed by atoms with Crippen LogP contribution in [0.5, 0.6) is 0 Å². The number of unbranched alkanes of at least 4 members (excludes halogenated alkanes) is 24. The Balaban J connectivity index is 3.20. The Labute approximate surface area is 288 Å². The smallest absolute Gasteiger partial charge is 0.00696 e. The highest BCUT2D eigenvalue weighted by Gasteiger charge is 2.00. The summed E-state index contributed by atoms with van der Waals surface area (Å²) in [6.07, 6.45) is 49.0. The van der Waals surface area contributed by atoms with Crippen molar-refractivity contribution in [2.24, 2.45) is 0 Å². The minimum atomic E-state index is 1.26. The summed E-state index contributed by atoms with van der Waals surface area (Å²) in [5, 5.41) is 0. The van der Waals surface area contributed by atoms with Gasteiger partial charge >= 0.3 is 0 Å². The SMILES string of the molecule is CCCCCCCC/C=C\CCCCCCCCSCCN(C)CCSCCCCCCCC/C=C\CCCCCCCC. The molecule has 0 rings (SSSR count). The first-order valence-electron chi connectivity index (χ1n) is 19.9. The maximum atomic E-state index is 2.55. The molecule has 0 fully saturated rings. The summed E-state index contributed by atoms with van der Waals surface area (Å²) in [5.41, 5.74) is 0. The van der Waals surface area contributed by atoms with Crippen molar-refractivity contribution in [3.05, 3.63) is 24.3 Å². The largest absolute Gasteiger partial charge is 0.305 e. The first kappa shape index (κ1) is 44.1. The maximum absolute atomic E-state index is 2.55. The van der Waals surface area contributed by atoms with E-state index < -0.39 is 0 Å². The fourth-order valence-electron chi connectivity index (χ4n) is 5.66. The fourth-order valence-corrected chi connectivity index (χ4v) is 7.77. The number of allylic oxidation sites excluding steroid dienone is 4. The zero-order chi connectivity index (χ0) is 31.9. The lowest BCUT2D eigenvalue weighted by atomic mass is 10.1. The molecule has 1 nitrogen and oxygen atoms in total. The van der Waals surface area contributed by atoms with Crippen molar-refractivity contribution in [2.75, 3.05) is 43.1 Å². The third kappa shape index (κ3) is 40.2. The van der Waals surface area contributed by atoms with Gasteiger partial charge < -0.3 is 4.90 Å². The maximum Gasteiger partial charge on any atom is 0.00696 e. The van der Waals surface area contributed by atoms with Gasteiger partial charge in [0.2, 0.25) is 0 Å². The Morgan fingerprint density at radius 2 is 0.614 bits per heavy atom. The lowest BCUT2D eigenvalue weighted by Crippen LogP contribution is -2.24. The van der Waals surface area contributed by atoms with Crippen molar-refractivity contribution in [3.63, 3.8) is 0 Å². The van der Waals surface area contributed by atoms with E-state index in [1.54, 1.807) is 0 Å². The molecule has 44 heavy (non-hydrogen) atoms. The van der Waals surface area contributed by atoms with Crippen LogP contribution in [0.1, 0.15) is 194 Å². The van der Waals surface area contributed by atoms with Gasteiger partial charge in [-0.1, -0.05) is 154 Å². The molecule has 0 atom stereocenters. The van der Waals surface area contributed by atoms with Crippen molar-refractivity contribution < 1.29 is 0 Å². The molecule has 0 saturated heterocycles. The quantitative estimate of drug-likeness (QED) is 0.0483. The van der Waals surface area contributed by atoms with Gasteiger partial charge in [-0.05, 0) is 82.8 Å². The second-order valence-corrected chi connectivity index (χ2v) is 15.9. The Hall–Kier alpha value is 0.140. The third-order valence-corrected chi connectivity index (χ3v) is 10.9. The minimum Gasteiger partial charge on any atom is -0.305 e.